The number of rotatable bonds is 4. The monoisotopic (exact) mass is 272 g/mol. The topological polar surface area (TPSA) is 113 Å². The second-order valence-corrected chi connectivity index (χ2v) is 4.38. The molecule has 8 heteroatoms. The Morgan fingerprint density at radius 3 is 3.00 bits per heavy atom. The second kappa shape index (κ2) is 4.65. The SMILES string of the molecule is CC(Nc1nc2ccc([N+](=O)[O-])cc2[nH]1)c1ncc[nH]1. The van der Waals surface area contributed by atoms with E-state index in [-0.39, 0.29) is 11.7 Å². The maximum absolute atomic E-state index is 10.7. The number of aromatic nitrogens is 4. The number of non-ortho nitro benzene ring substituents is 1. The lowest BCUT2D eigenvalue weighted by Gasteiger charge is -2.09. The highest BCUT2D eigenvalue weighted by Crippen LogP contribution is 2.22. The van der Waals surface area contributed by atoms with Crippen molar-refractivity contribution in [2.45, 2.75) is 13.0 Å². The first-order valence-electron chi connectivity index (χ1n) is 6.03. The molecule has 3 rings (SSSR count). The highest BCUT2D eigenvalue weighted by Gasteiger charge is 2.12. The van der Waals surface area contributed by atoms with Crippen LogP contribution in [-0.4, -0.2) is 24.9 Å². The van der Waals surface area contributed by atoms with Crippen LogP contribution >= 0.6 is 0 Å². The van der Waals surface area contributed by atoms with Gasteiger partial charge in [-0.25, -0.2) is 9.97 Å². The van der Waals surface area contributed by atoms with Crippen molar-refractivity contribution < 1.29 is 4.92 Å². The Morgan fingerprint density at radius 1 is 1.45 bits per heavy atom. The lowest BCUT2D eigenvalue weighted by Crippen LogP contribution is -2.09. The molecule has 0 aliphatic heterocycles. The minimum atomic E-state index is -0.432. The van der Waals surface area contributed by atoms with Crippen LogP contribution in [0.15, 0.2) is 30.6 Å². The van der Waals surface area contributed by atoms with Gasteiger partial charge in [-0.05, 0) is 13.0 Å². The van der Waals surface area contributed by atoms with E-state index in [4.69, 9.17) is 0 Å². The standard InChI is InChI=1S/C12H12N6O2/c1-7(11-13-4-5-14-11)15-12-16-9-3-2-8(18(19)20)6-10(9)17-12/h2-7H,1H3,(H,13,14)(H2,15,16,17). The molecule has 0 amide bonds. The minimum absolute atomic E-state index is 0.0341. The first-order valence-corrected chi connectivity index (χ1v) is 6.03. The van der Waals surface area contributed by atoms with E-state index in [1.54, 1.807) is 18.5 Å². The summed E-state index contributed by atoms with van der Waals surface area (Å²) in [5, 5.41) is 13.9. The number of aromatic amines is 2. The van der Waals surface area contributed by atoms with Crippen LogP contribution < -0.4 is 5.32 Å². The van der Waals surface area contributed by atoms with Crippen molar-refractivity contribution in [1.29, 1.82) is 0 Å². The van der Waals surface area contributed by atoms with Crippen molar-refractivity contribution in [1.82, 2.24) is 19.9 Å². The summed E-state index contributed by atoms with van der Waals surface area (Å²) < 4.78 is 0. The van der Waals surface area contributed by atoms with E-state index in [2.05, 4.69) is 25.3 Å². The van der Waals surface area contributed by atoms with Gasteiger partial charge in [-0.3, -0.25) is 10.1 Å². The smallest absolute Gasteiger partial charge is 0.271 e. The molecule has 20 heavy (non-hydrogen) atoms. The van der Waals surface area contributed by atoms with Crippen molar-refractivity contribution in [2.24, 2.45) is 0 Å². The van der Waals surface area contributed by atoms with Crippen LogP contribution in [0.1, 0.15) is 18.8 Å². The summed E-state index contributed by atoms with van der Waals surface area (Å²) in [7, 11) is 0. The average Bonchev–Trinajstić information content (AvgIpc) is 3.06. The van der Waals surface area contributed by atoms with Crippen LogP contribution in [-0.2, 0) is 0 Å². The van der Waals surface area contributed by atoms with E-state index in [1.807, 2.05) is 6.92 Å². The molecular weight excluding hydrogens is 260 g/mol. The Morgan fingerprint density at radius 2 is 2.30 bits per heavy atom. The zero-order valence-electron chi connectivity index (χ0n) is 10.6. The number of nitrogens with one attached hydrogen (secondary N) is 3. The van der Waals surface area contributed by atoms with Crippen molar-refractivity contribution in [2.75, 3.05) is 5.32 Å². The van der Waals surface area contributed by atoms with Gasteiger partial charge in [-0.1, -0.05) is 0 Å². The molecule has 1 aromatic carbocycles. The van der Waals surface area contributed by atoms with Gasteiger partial charge in [-0.15, -0.1) is 0 Å². The summed E-state index contributed by atoms with van der Waals surface area (Å²) in [4.78, 5) is 24.8. The summed E-state index contributed by atoms with van der Waals surface area (Å²) >= 11 is 0. The highest BCUT2D eigenvalue weighted by atomic mass is 16.6. The Hall–Kier alpha value is -2.90. The molecule has 0 aliphatic rings. The molecule has 0 bridgehead atoms. The Labute approximate surface area is 113 Å². The number of hydrogen-bond donors (Lipinski definition) is 3. The van der Waals surface area contributed by atoms with Gasteiger partial charge in [0, 0.05) is 24.5 Å². The number of hydrogen-bond acceptors (Lipinski definition) is 5. The maximum Gasteiger partial charge on any atom is 0.271 e. The van der Waals surface area contributed by atoms with Crippen molar-refractivity contribution in [3.63, 3.8) is 0 Å². The van der Waals surface area contributed by atoms with Gasteiger partial charge in [0.25, 0.3) is 5.69 Å². The molecule has 0 aliphatic carbocycles. The van der Waals surface area contributed by atoms with Crippen LogP contribution in [0.25, 0.3) is 11.0 Å². The molecule has 1 unspecified atom stereocenters. The van der Waals surface area contributed by atoms with Gasteiger partial charge in [0.05, 0.1) is 22.0 Å². The quantitative estimate of drug-likeness (QED) is 0.498. The number of anilines is 1. The minimum Gasteiger partial charge on any atom is -0.347 e. The van der Waals surface area contributed by atoms with Gasteiger partial charge in [0.2, 0.25) is 5.95 Å². The van der Waals surface area contributed by atoms with Gasteiger partial charge >= 0.3 is 0 Å². The second-order valence-electron chi connectivity index (χ2n) is 4.38. The van der Waals surface area contributed by atoms with E-state index in [1.165, 1.54) is 12.1 Å². The zero-order valence-corrected chi connectivity index (χ0v) is 10.6. The molecule has 0 saturated carbocycles. The molecule has 0 radical (unpaired) electrons. The van der Waals surface area contributed by atoms with Gasteiger partial charge in [-0.2, -0.15) is 0 Å². The molecule has 8 nitrogen and oxygen atoms in total. The van der Waals surface area contributed by atoms with Crippen LogP contribution in [0.4, 0.5) is 11.6 Å². The maximum atomic E-state index is 10.7. The number of fused-ring (bicyclic) bond motifs is 1. The lowest BCUT2D eigenvalue weighted by molar-refractivity contribution is -0.384. The number of nitrogens with zero attached hydrogens (tertiary/aromatic N) is 3. The Bertz CT molecular complexity index is 748. The van der Waals surface area contributed by atoms with Gasteiger partial charge < -0.3 is 15.3 Å². The van der Waals surface area contributed by atoms with E-state index in [9.17, 15) is 10.1 Å². The first-order chi connectivity index (χ1) is 9.63. The summed E-state index contributed by atoms with van der Waals surface area (Å²) in [6.45, 7) is 1.94. The third kappa shape index (κ3) is 2.18. The predicted molar refractivity (Wildman–Crippen MR) is 73.4 cm³/mol. The zero-order chi connectivity index (χ0) is 14.1. The van der Waals surface area contributed by atoms with Crippen LogP contribution in [0.2, 0.25) is 0 Å². The summed E-state index contributed by atoms with van der Waals surface area (Å²) in [5.74, 6) is 1.33. The molecular formula is C12H12N6O2. The fraction of sp³-hybridized carbons (Fsp3) is 0.167. The molecule has 0 fully saturated rings. The molecule has 3 aromatic rings. The molecule has 2 aromatic heterocycles. The normalized spacial score (nSPS) is 12.4. The summed E-state index contributed by atoms with van der Waals surface area (Å²) in [6, 6.07) is 4.46. The Kier molecular flexibility index (Phi) is 2.82. The third-order valence-corrected chi connectivity index (χ3v) is 2.96. The van der Waals surface area contributed by atoms with Crippen molar-refractivity contribution in [3.8, 4) is 0 Å². The number of H-pyrrole nitrogens is 2. The molecule has 1 atom stereocenters. The van der Waals surface area contributed by atoms with Gasteiger partial charge in [0.15, 0.2) is 0 Å². The number of imidazole rings is 2. The molecule has 3 N–H and O–H groups in total. The predicted octanol–water partition coefficient (Wildman–Crippen LogP) is 2.37. The van der Waals surface area contributed by atoms with E-state index >= 15 is 0 Å². The number of nitro benzene ring substituents is 1. The molecule has 0 saturated heterocycles. The summed E-state index contributed by atoms with van der Waals surface area (Å²) in [5.41, 5.74) is 1.32. The van der Waals surface area contributed by atoms with E-state index in [0.29, 0.717) is 17.0 Å². The van der Waals surface area contributed by atoms with Crippen molar-refractivity contribution >= 4 is 22.7 Å². The largest absolute Gasteiger partial charge is 0.347 e. The first kappa shape index (κ1) is 12.2. The van der Waals surface area contributed by atoms with E-state index in [0.717, 1.165) is 5.82 Å². The fourth-order valence-electron chi connectivity index (χ4n) is 1.97. The molecule has 2 heterocycles. The average molecular weight is 272 g/mol. The number of nitro groups is 1. The highest BCUT2D eigenvalue weighted by molar-refractivity contribution is 5.79. The van der Waals surface area contributed by atoms with E-state index < -0.39 is 4.92 Å². The summed E-state index contributed by atoms with van der Waals surface area (Å²) in [6.07, 6.45) is 3.42. The van der Waals surface area contributed by atoms with Gasteiger partial charge in [0.1, 0.15) is 5.82 Å². The van der Waals surface area contributed by atoms with Crippen LogP contribution in [0.5, 0.6) is 0 Å². The lowest BCUT2D eigenvalue weighted by atomic mass is 10.3. The van der Waals surface area contributed by atoms with Crippen molar-refractivity contribution in [3.05, 3.63) is 46.5 Å². The van der Waals surface area contributed by atoms with Crippen LogP contribution in [0.3, 0.4) is 0 Å². The molecule has 102 valence electrons. The van der Waals surface area contributed by atoms with Crippen LogP contribution in [0, 0.1) is 10.1 Å². The third-order valence-electron chi connectivity index (χ3n) is 2.96. The number of benzene rings is 1. The molecule has 0 spiro atoms. The Balaban J connectivity index is 1.87. The fourth-order valence-corrected chi connectivity index (χ4v) is 1.97.